The van der Waals surface area contributed by atoms with Gasteiger partial charge in [0.25, 0.3) is 0 Å². The van der Waals surface area contributed by atoms with Gasteiger partial charge in [-0.05, 0) is 39.3 Å². The molecule has 2 N–H and O–H groups in total. The lowest BCUT2D eigenvalue weighted by molar-refractivity contribution is -0.127. The summed E-state index contributed by atoms with van der Waals surface area (Å²) in [6.45, 7) is 8.20. The molecule has 6 nitrogen and oxygen atoms in total. The van der Waals surface area contributed by atoms with Crippen LogP contribution in [0.25, 0.3) is 0 Å². The summed E-state index contributed by atoms with van der Waals surface area (Å²) in [5.74, 6) is 2.30. The van der Waals surface area contributed by atoms with Crippen LogP contribution in [0.4, 0.5) is 0 Å². The molecule has 6 heteroatoms. The van der Waals surface area contributed by atoms with Crippen molar-refractivity contribution >= 4 is 11.9 Å². The van der Waals surface area contributed by atoms with Crippen LogP contribution in [0.2, 0.25) is 0 Å². The molecule has 1 aromatic heterocycles. The zero-order chi connectivity index (χ0) is 16.7. The molecule has 0 aromatic carbocycles. The number of hydrogen-bond acceptors (Lipinski definition) is 3. The number of furan rings is 1. The molecule has 124 valence electrons. The maximum absolute atomic E-state index is 11.7. The maximum atomic E-state index is 11.7. The molecule has 0 aliphatic carbocycles. The smallest absolute Gasteiger partial charge is 0.243 e. The van der Waals surface area contributed by atoms with E-state index in [2.05, 4.69) is 29.5 Å². The van der Waals surface area contributed by atoms with Crippen molar-refractivity contribution in [1.82, 2.24) is 15.5 Å². The number of hydrogen-bond donors (Lipinski definition) is 2. The van der Waals surface area contributed by atoms with Crippen LogP contribution in [-0.4, -0.2) is 43.4 Å². The van der Waals surface area contributed by atoms with Crippen molar-refractivity contribution in [3.05, 3.63) is 23.7 Å². The lowest BCUT2D eigenvalue weighted by atomic mass is 10.2. The van der Waals surface area contributed by atoms with Gasteiger partial charge in [-0.2, -0.15) is 0 Å². The van der Waals surface area contributed by atoms with Crippen molar-refractivity contribution in [2.45, 2.75) is 46.2 Å². The van der Waals surface area contributed by atoms with Crippen LogP contribution < -0.4 is 10.6 Å². The third kappa shape index (κ3) is 5.79. The quantitative estimate of drug-likeness (QED) is 0.623. The summed E-state index contributed by atoms with van der Waals surface area (Å²) in [5, 5.41) is 6.58. The minimum Gasteiger partial charge on any atom is -0.464 e. The van der Waals surface area contributed by atoms with Crippen LogP contribution in [0.3, 0.4) is 0 Å². The molecule has 1 amide bonds. The van der Waals surface area contributed by atoms with Gasteiger partial charge in [-0.3, -0.25) is 4.79 Å². The van der Waals surface area contributed by atoms with Crippen molar-refractivity contribution in [2.75, 3.05) is 20.6 Å². The van der Waals surface area contributed by atoms with E-state index in [1.54, 1.807) is 14.1 Å². The number of nitrogens with one attached hydrogen (secondary N) is 2. The normalized spacial score (nSPS) is 14.4. The summed E-state index contributed by atoms with van der Waals surface area (Å²) < 4.78 is 5.62. The van der Waals surface area contributed by atoms with Gasteiger partial charge in [0.2, 0.25) is 5.91 Å². The summed E-state index contributed by atoms with van der Waals surface area (Å²) in [7, 11) is 3.45. The molecule has 0 aliphatic heterocycles. The zero-order valence-electron chi connectivity index (χ0n) is 14.4. The van der Waals surface area contributed by atoms with Crippen LogP contribution in [0.5, 0.6) is 0 Å². The minimum absolute atomic E-state index is 0.0292. The largest absolute Gasteiger partial charge is 0.464 e. The van der Waals surface area contributed by atoms with Crippen LogP contribution in [-0.2, 0) is 4.79 Å². The Morgan fingerprint density at radius 1 is 1.32 bits per heavy atom. The summed E-state index contributed by atoms with van der Waals surface area (Å²) in [5.41, 5.74) is 0. The van der Waals surface area contributed by atoms with Gasteiger partial charge in [-0.1, -0.05) is 6.92 Å². The van der Waals surface area contributed by atoms with Crippen molar-refractivity contribution in [3.8, 4) is 0 Å². The lowest BCUT2D eigenvalue weighted by Gasteiger charge is -2.20. The zero-order valence-corrected chi connectivity index (χ0v) is 14.4. The molecule has 1 rings (SSSR count). The molecule has 0 saturated carbocycles. The van der Waals surface area contributed by atoms with Gasteiger partial charge in [-0.15, -0.1) is 0 Å². The van der Waals surface area contributed by atoms with Crippen molar-refractivity contribution in [1.29, 1.82) is 0 Å². The Labute approximate surface area is 133 Å². The second kappa shape index (κ2) is 8.46. The first-order valence-corrected chi connectivity index (χ1v) is 7.67. The highest BCUT2D eigenvalue weighted by atomic mass is 16.3. The van der Waals surface area contributed by atoms with E-state index in [0.29, 0.717) is 5.96 Å². The number of rotatable bonds is 6. The third-order valence-corrected chi connectivity index (χ3v) is 3.41. The van der Waals surface area contributed by atoms with Gasteiger partial charge in [-0.25, -0.2) is 4.99 Å². The summed E-state index contributed by atoms with van der Waals surface area (Å²) in [6, 6.07) is 4.12. The maximum Gasteiger partial charge on any atom is 0.243 e. The van der Waals surface area contributed by atoms with E-state index in [0.717, 1.165) is 17.9 Å². The van der Waals surface area contributed by atoms with E-state index < -0.39 is 0 Å². The molecule has 0 aliphatic rings. The Morgan fingerprint density at radius 3 is 2.50 bits per heavy atom. The first kappa shape index (κ1) is 18.1. The number of carbonyl (C=O) groups excluding carboxylic acids is 1. The van der Waals surface area contributed by atoms with E-state index in [4.69, 9.17) is 4.42 Å². The van der Waals surface area contributed by atoms with Gasteiger partial charge in [0.1, 0.15) is 18.1 Å². The Balaban J connectivity index is 2.76. The van der Waals surface area contributed by atoms with E-state index in [9.17, 15) is 4.79 Å². The number of amides is 1. The predicted octanol–water partition coefficient (Wildman–Crippen LogP) is 2.07. The van der Waals surface area contributed by atoms with Crippen molar-refractivity contribution in [3.63, 3.8) is 0 Å². The van der Waals surface area contributed by atoms with Crippen LogP contribution >= 0.6 is 0 Å². The predicted molar refractivity (Wildman–Crippen MR) is 88.9 cm³/mol. The second-order valence-electron chi connectivity index (χ2n) is 5.72. The number of guanidine groups is 1. The van der Waals surface area contributed by atoms with Gasteiger partial charge >= 0.3 is 0 Å². The van der Waals surface area contributed by atoms with Gasteiger partial charge < -0.3 is 20.0 Å². The summed E-state index contributed by atoms with van der Waals surface area (Å²) in [4.78, 5) is 17.6. The number of nitrogens with zero attached hydrogens (tertiary/aromatic N) is 2. The minimum atomic E-state index is -0.0354. The first-order chi connectivity index (χ1) is 10.3. The van der Waals surface area contributed by atoms with E-state index in [1.165, 1.54) is 4.90 Å². The highest BCUT2D eigenvalue weighted by molar-refractivity contribution is 5.85. The van der Waals surface area contributed by atoms with Gasteiger partial charge in [0, 0.05) is 20.1 Å². The Hall–Kier alpha value is -1.98. The molecular weight excluding hydrogens is 280 g/mol. The molecule has 0 spiro atoms. The summed E-state index contributed by atoms with van der Waals surface area (Å²) in [6.07, 6.45) is 0.969. The lowest BCUT2D eigenvalue weighted by Crippen LogP contribution is -2.43. The second-order valence-corrected chi connectivity index (χ2v) is 5.72. The molecule has 0 fully saturated rings. The number of aliphatic imine (C=N–C) groups is 1. The molecule has 0 radical (unpaired) electrons. The van der Waals surface area contributed by atoms with Crippen molar-refractivity contribution in [2.24, 2.45) is 4.99 Å². The molecule has 1 heterocycles. The third-order valence-electron chi connectivity index (χ3n) is 3.41. The SMILES string of the molecule is CCC(C)NC(=NCC(=O)N(C)C)NC(C)c1ccc(C)o1. The van der Waals surface area contributed by atoms with Crippen LogP contribution in [0.15, 0.2) is 21.5 Å². The molecule has 0 bridgehead atoms. The average molecular weight is 308 g/mol. The Morgan fingerprint density at radius 2 is 2.00 bits per heavy atom. The fraction of sp³-hybridized carbons (Fsp3) is 0.625. The number of likely N-dealkylation sites (N-methyl/N-ethyl adjacent to an activating group) is 1. The topological polar surface area (TPSA) is 69.9 Å². The average Bonchev–Trinajstić information content (AvgIpc) is 2.90. The van der Waals surface area contributed by atoms with E-state index in [-0.39, 0.29) is 24.5 Å². The highest BCUT2D eigenvalue weighted by Crippen LogP contribution is 2.15. The Bertz CT molecular complexity index is 508. The molecule has 1 aromatic rings. The van der Waals surface area contributed by atoms with Gasteiger partial charge in [0.15, 0.2) is 5.96 Å². The van der Waals surface area contributed by atoms with Crippen LogP contribution in [0, 0.1) is 6.92 Å². The standard InChI is InChI=1S/C16H28N4O2/c1-7-11(2)18-16(17-10-15(21)20(5)6)19-13(4)14-9-8-12(3)22-14/h8-9,11,13H,7,10H2,1-6H3,(H2,17,18,19). The Kier molecular flexibility index (Phi) is 6.95. The van der Waals surface area contributed by atoms with Crippen LogP contribution in [0.1, 0.15) is 44.8 Å². The van der Waals surface area contributed by atoms with Crippen molar-refractivity contribution < 1.29 is 9.21 Å². The fourth-order valence-electron chi connectivity index (χ4n) is 1.72. The molecule has 2 atom stereocenters. The van der Waals surface area contributed by atoms with E-state index >= 15 is 0 Å². The molecule has 2 unspecified atom stereocenters. The number of aryl methyl sites for hydroxylation is 1. The van der Waals surface area contributed by atoms with E-state index in [1.807, 2.05) is 26.0 Å². The molecule has 0 saturated heterocycles. The number of carbonyl (C=O) groups is 1. The molecular formula is C16H28N4O2. The summed E-state index contributed by atoms with van der Waals surface area (Å²) >= 11 is 0. The fourth-order valence-corrected chi connectivity index (χ4v) is 1.72. The first-order valence-electron chi connectivity index (χ1n) is 7.67. The highest BCUT2D eigenvalue weighted by Gasteiger charge is 2.13. The molecule has 22 heavy (non-hydrogen) atoms. The van der Waals surface area contributed by atoms with Gasteiger partial charge in [0.05, 0.1) is 6.04 Å². The monoisotopic (exact) mass is 308 g/mol.